The first-order valence-corrected chi connectivity index (χ1v) is 9.74. The normalized spacial score (nSPS) is 34.8. The third-order valence-electron chi connectivity index (χ3n) is 6.27. The molecule has 2 fully saturated rings. The molecule has 1 heterocycles. The van der Waals surface area contributed by atoms with E-state index in [1.165, 1.54) is 24.1 Å². The molecule has 1 aliphatic carbocycles. The van der Waals surface area contributed by atoms with Crippen molar-refractivity contribution in [3.8, 4) is 0 Å². The van der Waals surface area contributed by atoms with Crippen LogP contribution in [0.4, 0.5) is 5.69 Å². The van der Waals surface area contributed by atoms with Crippen molar-refractivity contribution in [2.24, 2.45) is 16.2 Å². The first kappa shape index (κ1) is 18.3. The zero-order valence-corrected chi connectivity index (χ0v) is 16.3. The number of hydrogen-bond donors (Lipinski definition) is 1. The van der Waals surface area contributed by atoms with E-state index in [4.69, 9.17) is 0 Å². The molecule has 3 nitrogen and oxygen atoms in total. The minimum absolute atomic E-state index is 0.0687. The molecule has 1 N–H and O–H groups in total. The van der Waals surface area contributed by atoms with Gasteiger partial charge in [0.2, 0.25) is 0 Å². The Hall–Kier alpha value is -1.51. The molecule has 1 saturated carbocycles. The number of aliphatic carboxylic acids is 1. The van der Waals surface area contributed by atoms with E-state index in [9.17, 15) is 9.90 Å². The third kappa shape index (κ3) is 3.70. The molecule has 0 amide bonds. The van der Waals surface area contributed by atoms with Gasteiger partial charge in [-0.3, -0.25) is 4.79 Å². The van der Waals surface area contributed by atoms with Crippen LogP contribution in [0.3, 0.4) is 0 Å². The lowest BCUT2D eigenvalue weighted by atomic mass is 9.52. The van der Waals surface area contributed by atoms with Gasteiger partial charge in [0.05, 0.1) is 5.41 Å². The molecule has 138 valence electrons. The lowest BCUT2D eigenvalue weighted by Gasteiger charge is -2.58. The van der Waals surface area contributed by atoms with Crippen LogP contribution < -0.4 is 4.90 Å². The monoisotopic (exact) mass is 343 g/mol. The van der Waals surface area contributed by atoms with E-state index < -0.39 is 11.4 Å². The number of unbranched alkanes of at least 4 members (excludes halogenated alkanes) is 1. The SMILES string of the molecule is CCCCc1ccc(N2C[C@@]3(C)CC(C)(C(=O)O)C[C@@](C)(C2)C3)cc1. The van der Waals surface area contributed by atoms with E-state index in [0.29, 0.717) is 0 Å². The molecule has 0 radical (unpaired) electrons. The molecule has 3 atom stereocenters. The summed E-state index contributed by atoms with van der Waals surface area (Å²) in [6.07, 6.45) is 6.31. The summed E-state index contributed by atoms with van der Waals surface area (Å²) in [5.41, 5.74) is 2.26. The number of carboxylic acid groups (broad SMARTS) is 1. The number of carbonyl (C=O) groups is 1. The van der Waals surface area contributed by atoms with Gasteiger partial charge in [0, 0.05) is 18.8 Å². The van der Waals surface area contributed by atoms with E-state index in [-0.39, 0.29) is 10.8 Å². The van der Waals surface area contributed by atoms with Gasteiger partial charge in [0.15, 0.2) is 0 Å². The highest BCUT2D eigenvalue weighted by Gasteiger charge is 2.55. The van der Waals surface area contributed by atoms with Gasteiger partial charge in [0.25, 0.3) is 0 Å². The molecule has 1 aromatic carbocycles. The van der Waals surface area contributed by atoms with Crippen molar-refractivity contribution in [3.63, 3.8) is 0 Å². The summed E-state index contributed by atoms with van der Waals surface area (Å²) in [5, 5.41) is 9.75. The average molecular weight is 344 g/mol. The fraction of sp³-hybridized carbons (Fsp3) is 0.682. The largest absolute Gasteiger partial charge is 0.481 e. The van der Waals surface area contributed by atoms with Crippen LogP contribution in [0.1, 0.15) is 65.4 Å². The van der Waals surface area contributed by atoms with Gasteiger partial charge < -0.3 is 10.0 Å². The molecular weight excluding hydrogens is 310 g/mol. The Balaban J connectivity index is 1.80. The number of aryl methyl sites for hydroxylation is 1. The summed E-state index contributed by atoms with van der Waals surface area (Å²) < 4.78 is 0. The van der Waals surface area contributed by atoms with Crippen LogP contribution in [0, 0.1) is 16.2 Å². The van der Waals surface area contributed by atoms with Gasteiger partial charge in [-0.2, -0.15) is 0 Å². The predicted octanol–water partition coefficient (Wildman–Crippen LogP) is 5.14. The van der Waals surface area contributed by atoms with Gasteiger partial charge in [-0.1, -0.05) is 39.3 Å². The van der Waals surface area contributed by atoms with Crippen molar-refractivity contribution in [2.75, 3.05) is 18.0 Å². The van der Waals surface area contributed by atoms with Crippen LogP contribution in [-0.4, -0.2) is 24.2 Å². The Morgan fingerprint density at radius 2 is 1.60 bits per heavy atom. The number of hydrogen-bond acceptors (Lipinski definition) is 2. The van der Waals surface area contributed by atoms with Crippen LogP contribution in [0.5, 0.6) is 0 Å². The number of fused-ring (bicyclic) bond motifs is 2. The Labute approximate surface area is 152 Å². The molecular formula is C22H33NO2. The molecule has 3 rings (SSSR count). The molecule has 0 spiro atoms. The number of benzene rings is 1. The van der Waals surface area contributed by atoms with Crippen molar-refractivity contribution < 1.29 is 9.90 Å². The number of anilines is 1. The highest BCUT2D eigenvalue weighted by atomic mass is 16.4. The van der Waals surface area contributed by atoms with E-state index in [0.717, 1.165) is 38.8 Å². The van der Waals surface area contributed by atoms with Crippen LogP contribution in [-0.2, 0) is 11.2 Å². The first-order chi connectivity index (χ1) is 11.7. The molecule has 25 heavy (non-hydrogen) atoms. The van der Waals surface area contributed by atoms with Gasteiger partial charge in [-0.15, -0.1) is 0 Å². The van der Waals surface area contributed by atoms with Gasteiger partial charge in [0.1, 0.15) is 0 Å². The fourth-order valence-corrected chi connectivity index (χ4v) is 5.89. The molecule has 3 heteroatoms. The number of carboxylic acids is 1. The minimum Gasteiger partial charge on any atom is -0.481 e. The maximum absolute atomic E-state index is 11.9. The minimum atomic E-state index is -0.627. The van der Waals surface area contributed by atoms with Crippen LogP contribution in [0.2, 0.25) is 0 Å². The summed E-state index contributed by atoms with van der Waals surface area (Å²) in [6.45, 7) is 10.7. The molecule has 1 saturated heterocycles. The van der Waals surface area contributed by atoms with Crippen molar-refractivity contribution >= 4 is 11.7 Å². The lowest BCUT2D eigenvalue weighted by Crippen LogP contribution is -2.58. The molecule has 0 aromatic heterocycles. The summed E-state index contributed by atoms with van der Waals surface area (Å²) in [7, 11) is 0. The summed E-state index contributed by atoms with van der Waals surface area (Å²) in [4.78, 5) is 14.3. The van der Waals surface area contributed by atoms with Crippen molar-refractivity contribution in [2.45, 2.75) is 66.2 Å². The molecule has 2 aliphatic rings. The highest BCUT2D eigenvalue weighted by Crippen LogP contribution is 2.57. The standard InChI is InChI=1S/C22H33NO2/c1-5-6-7-17-8-10-18(11-9-17)23-15-20(2)12-21(3,16-23)14-22(4,13-20)19(24)25/h8-11H,5-7,12-16H2,1-4H3,(H,24,25)/t20-,21+,22?. The molecule has 1 aliphatic heterocycles. The van der Waals surface area contributed by atoms with E-state index >= 15 is 0 Å². The average Bonchev–Trinajstić information content (AvgIpc) is 2.50. The van der Waals surface area contributed by atoms with Crippen LogP contribution >= 0.6 is 0 Å². The quantitative estimate of drug-likeness (QED) is 0.805. The topological polar surface area (TPSA) is 40.5 Å². The third-order valence-corrected chi connectivity index (χ3v) is 6.27. The van der Waals surface area contributed by atoms with Gasteiger partial charge >= 0.3 is 5.97 Å². The molecule has 1 aromatic rings. The Bertz CT molecular complexity index is 618. The lowest BCUT2D eigenvalue weighted by molar-refractivity contribution is -0.158. The second-order valence-corrected chi connectivity index (χ2v) is 9.64. The zero-order chi connectivity index (χ0) is 18.3. The first-order valence-electron chi connectivity index (χ1n) is 9.74. The second-order valence-electron chi connectivity index (χ2n) is 9.64. The van der Waals surface area contributed by atoms with Crippen molar-refractivity contribution in [1.29, 1.82) is 0 Å². The maximum Gasteiger partial charge on any atom is 0.309 e. The van der Waals surface area contributed by atoms with Gasteiger partial charge in [-0.25, -0.2) is 0 Å². The number of nitrogens with zero attached hydrogens (tertiary/aromatic N) is 1. The van der Waals surface area contributed by atoms with Crippen molar-refractivity contribution in [3.05, 3.63) is 29.8 Å². The highest BCUT2D eigenvalue weighted by molar-refractivity contribution is 5.74. The fourth-order valence-electron chi connectivity index (χ4n) is 5.89. The maximum atomic E-state index is 11.9. The number of piperidine rings is 1. The summed E-state index contributed by atoms with van der Waals surface area (Å²) >= 11 is 0. The Morgan fingerprint density at radius 3 is 2.08 bits per heavy atom. The predicted molar refractivity (Wildman–Crippen MR) is 103 cm³/mol. The van der Waals surface area contributed by atoms with Crippen LogP contribution in [0.25, 0.3) is 0 Å². The zero-order valence-electron chi connectivity index (χ0n) is 16.3. The summed E-state index contributed by atoms with van der Waals surface area (Å²) in [6, 6.07) is 9.05. The molecule has 1 unspecified atom stereocenters. The Kier molecular flexibility index (Phi) is 4.63. The Morgan fingerprint density at radius 1 is 1.04 bits per heavy atom. The van der Waals surface area contributed by atoms with Crippen LogP contribution in [0.15, 0.2) is 24.3 Å². The van der Waals surface area contributed by atoms with E-state index in [1.54, 1.807) is 0 Å². The van der Waals surface area contributed by atoms with E-state index in [1.807, 2.05) is 6.92 Å². The second kappa shape index (κ2) is 6.34. The summed E-state index contributed by atoms with van der Waals surface area (Å²) in [5.74, 6) is -0.627. The van der Waals surface area contributed by atoms with Gasteiger partial charge in [-0.05, 0) is 67.6 Å². The van der Waals surface area contributed by atoms with E-state index in [2.05, 4.69) is 49.9 Å². The smallest absolute Gasteiger partial charge is 0.309 e. The number of rotatable bonds is 5. The van der Waals surface area contributed by atoms with Crippen molar-refractivity contribution in [1.82, 2.24) is 0 Å². The molecule has 2 bridgehead atoms.